The zero-order valence-corrected chi connectivity index (χ0v) is 10.3. The van der Waals surface area contributed by atoms with Crippen molar-refractivity contribution in [2.24, 2.45) is 0 Å². The Labute approximate surface area is 101 Å². The lowest BCUT2D eigenvalue weighted by molar-refractivity contribution is -0.130. The van der Waals surface area contributed by atoms with Crippen LogP contribution in [-0.2, 0) is 11.2 Å². The summed E-state index contributed by atoms with van der Waals surface area (Å²) in [6, 6.07) is 0. The third-order valence-electron chi connectivity index (χ3n) is 2.58. The third-order valence-corrected chi connectivity index (χ3v) is 2.58. The monoisotopic (exact) mass is 238 g/mol. The molecule has 1 rings (SSSR count). The smallest absolute Gasteiger partial charge is 0.227 e. The number of aliphatic hydroxyl groups excluding tert-OH is 1. The van der Waals surface area contributed by atoms with Crippen molar-refractivity contribution >= 4 is 5.91 Å². The molecule has 0 saturated heterocycles. The molecule has 1 amide bonds. The van der Waals surface area contributed by atoms with Gasteiger partial charge in [0.05, 0.1) is 18.7 Å². The van der Waals surface area contributed by atoms with E-state index in [0.29, 0.717) is 18.8 Å². The van der Waals surface area contributed by atoms with Crippen molar-refractivity contribution < 1.29 is 14.4 Å². The van der Waals surface area contributed by atoms with Crippen LogP contribution < -0.4 is 0 Å². The Morgan fingerprint density at radius 3 is 2.76 bits per heavy atom. The van der Waals surface area contributed by atoms with Crippen LogP contribution >= 0.6 is 0 Å². The van der Waals surface area contributed by atoms with Gasteiger partial charge in [0.1, 0.15) is 5.76 Å². The van der Waals surface area contributed by atoms with Gasteiger partial charge in [-0.25, -0.2) is 0 Å². The van der Waals surface area contributed by atoms with Crippen molar-refractivity contribution in [1.82, 2.24) is 10.1 Å². The van der Waals surface area contributed by atoms with E-state index in [9.17, 15) is 4.79 Å². The molecule has 0 aliphatic rings. The molecule has 17 heavy (non-hydrogen) atoms. The summed E-state index contributed by atoms with van der Waals surface area (Å²) in [6.45, 7) is 7.88. The second-order valence-electron chi connectivity index (χ2n) is 3.83. The number of aryl methyl sites for hydroxylation is 2. The lowest BCUT2D eigenvalue weighted by atomic mass is 10.1. The van der Waals surface area contributed by atoms with Crippen molar-refractivity contribution in [2.75, 3.05) is 19.7 Å². The highest BCUT2D eigenvalue weighted by atomic mass is 16.5. The van der Waals surface area contributed by atoms with Gasteiger partial charge in [-0.3, -0.25) is 4.79 Å². The van der Waals surface area contributed by atoms with Gasteiger partial charge in [-0.15, -0.1) is 6.58 Å². The molecule has 1 N–H and O–H groups in total. The van der Waals surface area contributed by atoms with Crippen molar-refractivity contribution in [1.29, 1.82) is 0 Å². The van der Waals surface area contributed by atoms with E-state index in [2.05, 4.69) is 11.7 Å². The number of carbonyl (C=O) groups excluding carboxylic acids is 1. The predicted octanol–water partition coefficient (Wildman–Crippen LogP) is 0.841. The second kappa shape index (κ2) is 6.20. The standard InChI is InChI=1S/C12H18N2O3/c1-4-5-14(6-7-15)12(16)8-11-9(2)13-17-10(11)3/h4,15H,1,5-8H2,2-3H3. The summed E-state index contributed by atoms with van der Waals surface area (Å²) in [4.78, 5) is 13.5. The molecule has 0 radical (unpaired) electrons. The van der Waals surface area contributed by atoms with Crippen molar-refractivity contribution in [3.8, 4) is 0 Å². The van der Waals surface area contributed by atoms with E-state index in [4.69, 9.17) is 9.63 Å². The normalized spacial score (nSPS) is 10.3. The van der Waals surface area contributed by atoms with Gasteiger partial charge in [0.25, 0.3) is 0 Å². The number of hydrogen-bond acceptors (Lipinski definition) is 4. The van der Waals surface area contributed by atoms with E-state index in [-0.39, 0.29) is 18.9 Å². The molecule has 0 bridgehead atoms. The fourth-order valence-electron chi connectivity index (χ4n) is 1.61. The summed E-state index contributed by atoms with van der Waals surface area (Å²) in [6.07, 6.45) is 1.88. The molecule has 5 nitrogen and oxygen atoms in total. The number of hydrogen-bond donors (Lipinski definition) is 1. The largest absolute Gasteiger partial charge is 0.395 e. The summed E-state index contributed by atoms with van der Waals surface area (Å²) >= 11 is 0. The van der Waals surface area contributed by atoms with Gasteiger partial charge in [-0.2, -0.15) is 0 Å². The predicted molar refractivity (Wildman–Crippen MR) is 63.5 cm³/mol. The Morgan fingerprint density at radius 2 is 2.29 bits per heavy atom. The minimum atomic E-state index is -0.0617. The molecular formula is C12H18N2O3. The minimum absolute atomic E-state index is 0.0544. The van der Waals surface area contributed by atoms with Crippen LogP contribution in [0.1, 0.15) is 17.0 Å². The van der Waals surface area contributed by atoms with Crippen LogP contribution in [-0.4, -0.2) is 40.8 Å². The first-order valence-electron chi connectivity index (χ1n) is 5.51. The summed E-state index contributed by atoms with van der Waals surface area (Å²) in [5.41, 5.74) is 1.56. The molecule has 1 heterocycles. The van der Waals surface area contributed by atoms with E-state index in [1.54, 1.807) is 17.9 Å². The molecule has 0 fully saturated rings. The maximum Gasteiger partial charge on any atom is 0.227 e. The van der Waals surface area contributed by atoms with Gasteiger partial charge in [0.2, 0.25) is 5.91 Å². The number of carbonyl (C=O) groups is 1. The average molecular weight is 238 g/mol. The van der Waals surface area contributed by atoms with E-state index in [1.807, 2.05) is 6.92 Å². The van der Waals surface area contributed by atoms with Crippen LogP contribution in [0.2, 0.25) is 0 Å². The zero-order chi connectivity index (χ0) is 12.8. The van der Waals surface area contributed by atoms with Gasteiger partial charge in [-0.1, -0.05) is 11.2 Å². The van der Waals surface area contributed by atoms with Crippen molar-refractivity contribution in [2.45, 2.75) is 20.3 Å². The van der Waals surface area contributed by atoms with Gasteiger partial charge in [0, 0.05) is 18.7 Å². The minimum Gasteiger partial charge on any atom is -0.395 e. The molecule has 0 unspecified atom stereocenters. The fraction of sp³-hybridized carbons (Fsp3) is 0.500. The van der Waals surface area contributed by atoms with E-state index >= 15 is 0 Å². The van der Waals surface area contributed by atoms with Crippen molar-refractivity contribution in [3.05, 3.63) is 29.7 Å². The van der Waals surface area contributed by atoms with Crippen molar-refractivity contribution in [3.63, 3.8) is 0 Å². The molecule has 1 aromatic rings. The van der Waals surface area contributed by atoms with Crippen LogP contribution in [0.4, 0.5) is 0 Å². The molecule has 94 valence electrons. The van der Waals surface area contributed by atoms with Crippen LogP contribution in [0.25, 0.3) is 0 Å². The lowest BCUT2D eigenvalue weighted by Gasteiger charge is -2.19. The van der Waals surface area contributed by atoms with Gasteiger partial charge >= 0.3 is 0 Å². The van der Waals surface area contributed by atoms with E-state index < -0.39 is 0 Å². The van der Waals surface area contributed by atoms with Crippen LogP contribution in [0.3, 0.4) is 0 Å². The summed E-state index contributed by atoms with van der Waals surface area (Å²) in [5, 5.41) is 12.7. The number of aliphatic hydroxyl groups is 1. The first-order chi connectivity index (χ1) is 8.10. The van der Waals surface area contributed by atoms with Gasteiger partial charge in [0.15, 0.2) is 0 Å². The molecule has 0 aliphatic heterocycles. The van der Waals surface area contributed by atoms with Gasteiger partial charge in [-0.05, 0) is 13.8 Å². The fourth-order valence-corrected chi connectivity index (χ4v) is 1.61. The van der Waals surface area contributed by atoms with E-state index in [1.165, 1.54) is 0 Å². The van der Waals surface area contributed by atoms with E-state index in [0.717, 1.165) is 11.3 Å². The highest BCUT2D eigenvalue weighted by molar-refractivity contribution is 5.79. The average Bonchev–Trinajstić information content (AvgIpc) is 2.60. The molecule has 0 atom stereocenters. The molecule has 0 saturated carbocycles. The third kappa shape index (κ3) is 3.42. The maximum atomic E-state index is 12.0. The van der Waals surface area contributed by atoms with Crippen LogP contribution in [0.5, 0.6) is 0 Å². The van der Waals surface area contributed by atoms with Crippen LogP contribution in [0, 0.1) is 13.8 Å². The number of nitrogens with zero attached hydrogens (tertiary/aromatic N) is 2. The maximum absolute atomic E-state index is 12.0. The highest BCUT2D eigenvalue weighted by Crippen LogP contribution is 2.13. The Morgan fingerprint density at radius 1 is 1.59 bits per heavy atom. The van der Waals surface area contributed by atoms with Crippen LogP contribution in [0.15, 0.2) is 17.2 Å². The molecule has 0 aromatic carbocycles. The topological polar surface area (TPSA) is 66.6 Å². The summed E-state index contributed by atoms with van der Waals surface area (Å²) < 4.78 is 5.01. The first-order valence-corrected chi connectivity index (χ1v) is 5.51. The lowest BCUT2D eigenvalue weighted by Crippen LogP contribution is -2.35. The Kier molecular flexibility index (Phi) is 4.90. The number of amides is 1. The number of aromatic nitrogens is 1. The molecule has 0 spiro atoms. The highest BCUT2D eigenvalue weighted by Gasteiger charge is 2.17. The molecule has 5 heteroatoms. The Hall–Kier alpha value is -1.62. The summed E-state index contributed by atoms with van der Waals surface area (Å²) in [5.74, 6) is 0.603. The molecule has 1 aromatic heterocycles. The number of rotatable bonds is 6. The summed E-state index contributed by atoms with van der Waals surface area (Å²) in [7, 11) is 0. The Bertz CT molecular complexity index is 379. The van der Waals surface area contributed by atoms with Gasteiger partial charge < -0.3 is 14.5 Å². The molecular weight excluding hydrogens is 220 g/mol. The quantitative estimate of drug-likeness (QED) is 0.746. The molecule has 0 aliphatic carbocycles. The SMILES string of the molecule is C=CCN(CCO)C(=O)Cc1c(C)noc1C. The Balaban J connectivity index is 2.72. The second-order valence-corrected chi connectivity index (χ2v) is 3.83. The zero-order valence-electron chi connectivity index (χ0n) is 10.3. The first kappa shape index (κ1) is 13.4.